The Labute approximate surface area is 72.1 Å². The highest BCUT2D eigenvalue weighted by Gasteiger charge is 2.05. The van der Waals surface area contributed by atoms with Crippen LogP contribution in [0, 0.1) is 5.41 Å². The highest BCUT2D eigenvalue weighted by atomic mass is 79.9. The highest BCUT2D eigenvalue weighted by Crippen LogP contribution is 2.19. The van der Waals surface area contributed by atoms with Gasteiger partial charge >= 0.3 is 0 Å². The van der Waals surface area contributed by atoms with Gasteiger partial charge in [-0.25, -0.2) is 0 Å². The summed E-state index contributed by atoms with van der Waals surface area (Å²) in [6, 6.07) is 0. The summed E-state index contributed by atoms with van der Waals surface area (Å²) in [5.74, 6) is 0. The third kappa shape index (κ3) is 7.96. The zero-order valence-electron chi connectivity index (χ0n) is 6.95. The smallest absolute Gasteiger partial charge is 0.00997 e. The second kappa shape index (κ2) is 3.97. The van der Waals surface area contributed by atoms with Crippen molar-refractivity contribution in [3.8, 4) is 0 Å². The van der Waals surface area contributed by atoms with Gasteiger partial charge in [0.15, 0.2) is 0 Å². The Morgan fingerprint density at radius 1 is 1.50 bits per heavy atom. The summed E-state index contributed by atoms with van der Waals surface area (Å²) in [7, 11) is 0. The molecule has 0 aliphatic rings. The quantitative estimate of drug-likeness (QED) is 0.597. The molecule has 0 saturated heterocycles. The van der Waals surface area contributed by atoms with Gasteiger partial charge in [0.05, 0.1) is 0 Å². The van der Waals surface area contributed by atoms with Gasteiger partial charge < -0.3 is 0 Å². The van der Waals surface area contributed by atoms with Crippen LogP contribution in [-0.4, -0.2) is 0 Å². The standard InChI is InChI=1S/C9H15Br/c1-8(10)6-5-7-9(2,3)4/h5-6H,1,7H2,2-4H3/b6-5-. The molecule has 0 aromatic heterocycles. The molecule has 0 aromatic rings. The normalized spacial score (nSPS) is 12.4. The van der Waals surface area contributed by atoms with Crippen LogP contribution in [-0.2, 0) is 0 Å². The van der Waals surface area contributed by atoms with Gasteiger partial charge in [-0.15, -0.1) is 0 Å². The monoisotopic (exact) mass is 202 g/mol. The van der Waals surface area contributed by atoms with E-state index < -0.39 is 0 Å². The van der Waals surface area contributed by atoms with Crippen LogP contribution in [0.25, 0.3) is 0 Å². The molecule has 0 nitrogen and oxygen atoms in total. The van der Waals surface area contributed by atoms with E-state index in [9.17, 15) is 0 Å². The maximum absolute atomic E-state index is 3.70. The first-order chi connectivity index (χ1) is 4.42. The second-order valence-electron chi connectivity index (χ2n) is 3.61. The predicted octanol–water partition coefficient (Wildman–Crippen LogP) is 3.89. The van der Waals surface area contributed by atoms with Crippen LogP contribution in [0.15, 0.2) is 23.2 Å². The molecule has 1 heteroatoms. The molecular formula is C9H15Br. The lowest BCUT2D eigenvalue weighted by Crippen LogP contribution is -2.01. The van der Waals surface area contributed by atoms with Crippen molar-refractivity contribution in [2.45, 2.75) is 27.2 Å². The molecule has 0 aromatic carbocycles. The molecule has 0 atom stereocenters. The van der Waals surface area contributed by atoms with Crippen LogP contribution in [0.1, 0.15) is 27.2 Å². The van der Waals surface area contributed by atoms with Crippen molar-refractivity contribution in [2.24, 2.45) is 5.41 Å². The van der Waals surface area contributed by atoms with Crippen molar-refractivity contribution in [3.63, 3.8) is 0 Å². The molecule has 0 unspecified atom stereocenters. The van der Waals surface area contributed by atoms with Gasteiger partial charge in [0.1, 0.15) is 0 Å². The molecule has 0 aliphatic carbocycles. The van der Waals surface area contributed by atoms with Gasteiger partial charge in [-0.2, -0.15) is 0 Å². The lowest BCUT2D eigenvalue weighted by Gasteiger charge is -2.14. The predicted molar refractivity (Wildman–Crippen MR) is 51.3 cm³/mol. The van der Waals surface area contributed by atoms with Gasteiger partial charge in [0.25, 0.3) is 0 Å². The molecule has 0 saturated carbocycles. The Morgan fingerprint density at radius 2 is 2.00 bits per heavy atom. The van der Waals surface area contributed by atoms with Gasteiger partial charge in [0.2, 0.25) is 0 Å². The highest BCUT2D eigenvalue weighted by molar-refractivity contribution is 9.11. The summed E-state index contributed by atoms with van der Waals surface area (Å²) >= 11 is 3.26. The molecule has 10 heavy (non-hydrogen) atoms. The molecule has 0 fully saturated rings. The fourth-order valence-electron chi connectivity index (χ4n) is 0.540. The number of hydrogen-bond acceptors (Lipinski definition) is 0. The largest absolute Gasteiger partial charge is 0.0848 e. The lowest BCUT2D eigenvalue weighted by atomic mass is 9.92. The number of hydrogen-bond donors (Lipinski definition) is 0. The second-order valence-corrected chi connectivity index (χ2v) is 4.63. The van der Waals surface area contributed by atoms with Gasteiger partial charge in [-0.3, -0.25) is 0 Å². The summed E-state index contributed by atoms with van der Waals surface area (Å²) < 4.78 is 0.941. The first kappa shape index (κ1) is 9.96. The zero-order chi connectivity index (χ0) is 8.20. The lowest BCUT2D eigenvalue weighted by molar-refractivity contribution is 0.420. The minimum atomic E-state index is 0.388. The number of allylic oxidation sites excluding steroid dienone is 3. The molecule has 0 heterocycles. The minimum Gasteiger partial charge on any atom is -0.0848 e. The van der Waals surface area contributed by atoms with Crippen LogP contribution >= 0.6 is 15.9 Å². The van der Waals surface area contributed by atoms with Gasteiger partial charge in [-0.1, -0.05) is 55.4 Å². The summed E-state index contributed by atoms with van der Waals surface area (Å²) in [6.45, 7) is 10.4. The molecule has 0 amide bonds. The Balaban J connectivity index is 3.64. The molecule has 0 spiro atoms. The van der Waals surface area contributed by atoms with E-state index >= 15 is 0 Å². The third-order valence-corrected chi connectivity index (χ3v) is 1.29. The van der Waals surface area contributed by atoms with Gasteiger partial charge in [-0.05, 0) is 11.8 Å². The minimum absolute atomic E-state index is 0.388. The van der Waals surface area contributed by atoms with Crippen LogP contribution in [0.5, 0.6) is 0 Å². The first-order valence-corrected chi connectivity index (χ1v) is 4.22. The number of halogens is 1. The molecule has 0 N–H and O–H groups in total. The fraction of sp³-hybridized carbons (Fsp3) is 0.556. The van der Waals surface area contributed by atoms with E-state index in [0.717, 1.165) is 10.9 Å². The Hall–Kier alpha value is -0.0400. The van der Waals surface area contributed by atoms with Crippen molar-refractivity contribution < 1.29 is 0 Å². The van der Waals surface area contributed by atoms with E-state index in [-0.39, 0.29) is 0 Å². The SMILES string of the molecule is C=C(Br)/C=C\CC(C)(C)C. The van der Waals surface area contributed by atoms with E-state index in [0.29, 0.717) is 5.41 Å². The van der Waals surface area contributed by atoms with E-state index in [1.165, 1.54) is 0 Å². The van der Waals surface area contributed by atoms with Crippen LogP contribution in [0.3, 0.4) is 0 Å². The average Bonchev–Trinajstić information content (AvgIpc) is 1.59. The van der Waals surface area contributed by atoms with E-state index in [1.807, 2.05) is 6.08 Å². The number of rotatable bonds is 2. The van der Waals surface area contributed by atoms with E-state index in [4.69, 9.17) is 0 Å². The summed E-state index contributed by atoms with van der Waals surface area (Å²) in [5.41, 5.74) is 0.388. The zero-order valence-corrected chi connectivity index (χ0v) is 8.53. The molecular weight excluding hydrogens is 188 g/mol. The third-order valence-electron chi connectivity index (χ3n) is 1.03. The van der Waals surface area contributed by atoms with Crippen molar-refractivity contribution in [1.82, 2.24) is 0 Å². The summed E-state index contributed by atoms with van der Waals surface area (Å²) in [6.07, 6.45) is 5.22. The average molecular weight is 203 g/mol. The molecule has 0 aliphatic heterocycles. The van der Waals surface area contributed by atoms with Crippen LogP contribution in [0.2, 0.25) is 0 Å². The van der Waals surface area contributed by atoms with E-state index in [2.05, 4.69) is 49.4 Å². The topological polar surface area (TPSA) is 0 Å². The molecule has 0 rings (SSSR count). The van der Waals surface area contributed by atoms with Crippen molar-refractivity contribution in [3.05, 3.63) is 23.2 Å². The first-order valence-electron chi connectivity index (χ1n) is 3.43. The maximum Gasteiger partial charge on any atom is 0.00997 e. The Kier molecular flexibility index (Phi) is 3.95. The van der Waals surface area contributed by atoms with E-state index in [1.54, 1.807) is 0 Å². The van der Waals surface area contributed by atoms with Crippen molar-refractivity contribution in [2.75, 3.05) is 0 Å². The van der Waals surface area contributed by atoms with Crippen molar-refractivity contribution >= 4 is 15.9 Å². The van der Waals surface area contributed by atoms with Crippen molar-refractivity contribution in [1.29, 1.82) is 0 Å². The molecule has 58 valence electrons. The summed E-state index contributed by atoms with van der Waals surface area (Å²) in [4.78, 5) is 0. The molecule has 0 radical (unpaired) electrons. The van der Waals surface area contributed by atoms with Crippen LogP contribution < -0.4 is 0 Å². The van der Waals surface area contributed by atoms with Gasteiger partial charge in [0, 0.05) is 4.48 Å². The Morgan fingerprint density at radius 3 is 2.30 bits per heavy atom. The fourth-order valence-corrected chi connectivity index (χ4v) is 0.727. The summed E-state index contributed by atoms with van der Waals surface area (Å²) in [5, 5.41) is 0. The van der Waals surface area contributed by atoms with Crippen LogP contribution in [0.4, 0.5) is 0 Å². The Bertz CT molecular complexity index is 137. The molecule has 0 bridgehead atoms. The maximum atomic E-state index is 3.70.